The first-order chi connectivity index (χ1) is 17.0. The first-order valence-corrected chi connectivity index (χ1v) is 12.2. The van der Waals surface area contributed by atoms with Crippen molar-refractivity contribution >= 4 is 17.6 Å². The van der Waals surface area contributed by atoms with Crippen LogP contribution in [-0.2, 0) is 23.8 Å². The van der Waals surface area contributed by atoms with Gasteiger partial charge >= 0.3 is 12.1 Å². The van der Waals surface area contributed by atoms with Gasteiger partial charge in [-0.25, -0.2) is 9.67 Å². The summed E-state index contributed by atoms with van der Waals surface area (Å²) in [6, 6.07) is 6.32. The smallest absolute Gasteiger partial charge is 0.417 e. The van der Waals surface area contributed by atoms with E-state index in [0.717, 1.165) is 35.5 Å². The van der Waals surface area contributed by atoms with E-state index in [2.05, 4.69) is 10.1 Å². The molecule has 0 bridgehead atoms. The number of pyridine rings is 1. The standard InChI is InChI=1S/C26H29ClF3N3O3/c1-5-17-9-7-11-21(36-22(34)6-2)24(17)35-12-8-10-18-15-33(32-23(18)16(3)4)25-20(27)13-19(14-31-25)26(28,29)30/h7,9,11,13-16H,5-6,8,10,12H2,1-4H3. The molecule has 0 unspecified atom stereocenters. The Morgan fingerprint density at radius 1 is 1.19 bits per heavy atom. The molecule has 36 heavy (non-hydrogen) atoms. The van der Waals surface area contributed by atoms with Crippen LogP contribution in [0, 0.1) is 0 Å². The van der Waals surface area contributed by atoms with Gasteiger partial charge in [-0.05, 0) is 48.4 Å². The van der Waals surface area contributed by atoms with Crippen molar-refractivity contribution in [3.8, 4) is 17.3 Å². The van der Waals surface area contributed by atoms with Crippen LogP contribution in [0.1, 0.15) is 68.8 Å². The average Bonchev–Trinajstić information content (AvgIpc) is 3.25. The van der Waals surface area contributed by atoms with Crippen LogP contribution < -0.4 is 9.47 Å². The minimum absolute atomic E-state index is 0.0799. The second-order valence-corrected chi connectivity index (χ2v) is 8.95. The Balaban J connectivity index is 1.75. The second kappa shape index (κ2) is 11.8. The van der Waals surface area contributed by atoms with Gasteiger partial charge in [0.2, 0.25) is 0 Å². The largest absolute Gasteiger partial charge is 0.489 e. The van der Waals surface area contributed by atoms with E-state index in [1.807, 2.05) is 32.9 Å². The van der Waals surface area contributed by atoms with E-state index in [1.165, 1.54) is 4.68 Å². The lowest BCUT2D eigenvalue weighted by molar-refractivity contribution is -0.138. The molecule has 10 heteroatoms. The van der Waals surface area contributed by atoms with Crippen molar-refractivity contribution in [1.82, 2.24) is 14.8 Å². The van der Waals surface area contributed by atoms with E-state index in [4.69, 9.17) is 21.1 Å². The summed E-state index contributed by atoms with van der Waals surface area (Å²) in [6.45, 7) is 8.07. The van der Waals surface area contributed by atoms with Gasteiger partial charge < -0.3 is 9.47 Å². The van der Waals surface area contributed by atoms with Crippen LogP contribution in [0.25, 0.3) is 5.82 Å². The summed E-state index contributed by atoms with van der Waals surface area (Å²) in [7, 11) is 0. The van der Waals surface area contributed by atoms with E-state index >= 15 is 0 Å². The third kappa shape index (κ3) is 6.57. The number of halogens is 4. The number of esters is 1. The number of carbonyl (C=O) groups is 1. The average molecular weight is 524 g/mol. The molecule has 3 aromatic rings. The van der Waals surface area contributed by atoms with Crippen molar-refractivity contribution in [2.75, 3.05) is 6.61 Å². The van der Waals surface area contributed by atoms with Crippen LogP contribution in [-0.4, -0.2) is 27.3 Å². The van der Waals surface area contributed by atoms with Crippen LogP contribution in [0.15, 0.2) is 36.7 Å². The molecule has 0 saturated carbocycles. The van der Waals surface area contributed by atoms with E-state index < -0.39 is 11.7 Å². The maximum absolute atomic E-state index is 13.0. The lowest BCUT2D eigenvalue weighted by Crippen LogP contribution is -2.09. The van der Waals surface area contributed by atoms with E-state index in [9.17, 15) is 18.0 Å². The van der Waals surface area contributed by atoms with Gasteiger partial charge in [0.05, 0.1) is 22.9 Å². The van der Waals surface area contributed by atoms with Crippen molar-refractivity contribution in [2.45, 2.75) is 65.5 Å². The summed E-state index contributed by atoms with van der Waals surface area (Å²) in [5.74, 6) is 0.837. The van der Waals surface area contributed by atoms with Crippen molar-refractivity contribution in [3.05, 3.63) is 64.1 Å². The maximum atomic E-state index is 13.0. The number of benzene rings is 1. The highest BCUT2D eigenvalue weighted by atomic mass is 35.5. The summed E-state index contributed by atoms with van der Waals surface area (Å²) in [5, 5.41) is 4.41. The first kappa shape index (κ1) is 27.5. The number of alkyl halides is 3. The van der Waals surface area contributed by atoms with Gasteiger partial charge in [0, 0.05) is 18.8 Å². The first-order valence-electron chi connectivity index (χ1n) is 11.8. The summed E-state index contributed by atoms with van der Waals surface area (Å²) in [5.41, 5.74) is 1.75. The highest BCUT2D eigenvalue weighted by Gasteiger charge is 2.32. The normalized spacial score (nSPS) is 11.7. The molecule has 0 aliphatic rings. The van der Waals surface area contributed by atoms with E-state index in [0.29, 0.717) is 30.9 Å². The molecule has 0 atom stereocenters. The summed E-state index contributed by atoms with van der Waals surface area (Å²) < 4.78 is 51.8. The molecule has 0 saturated heterocycles. The highest BCUT2D eigenvalue weighted by Crippen LogP contribution is 2.34. The predicted molar refractivity (Wildman–Crippen MR) is 131 cm³/mol. The van der Waals surface area contributed by atoms with Crippen LogP contribution in [0.5, 0.6) is 11.5 Å². The molecular formula is C26H29ClF3N3O3. The number of carbonyl (C=O) groups excluding carboxylic acids is 1. The predicted octanol–water partition coefficient (Wildman–Crippen LogP) is 6.95. The SMILES string of the molecule is CCC(=O)Oc1cccc(CC)c1OCCCc1cn(-c2ncc(C(F)(F)F)cc2Cl)nc1C(C)C. The Morgan fingerprint density at radius 3 is 2.56 bits per heavy atom. The highest BCUT2D eigenvalue weighted by molar-refractivity contribution is 6.32. The number of rotatable bonds is 10. The molecule has 1 aromatic carbocycles. The number of para-hydroxylation sites is 1. The van der Waals surface area contributed by atoms with E-state index in [1.54, 1.807) is 19.2 Å². The van der Waals surface area contributed by atoms with Crippen molar-refractivity contribution < 1.29 is 27.4 Å². The van der Waals surface area contributed by atoms with Gasteiger partial charge in [0.25, 0.3) is 0 Å². The summed E-state index contributed by atoms with van der Waals surface area (Å²) in [6.07, 6.45) is 0.194. The molecule has 0 spiro atoms. The Morgan fingerprint density at radius 2 is 1.94 bits per heavy atom. The van der Waals surface area contributed by atoms with Gasteiger partial charge in [-0.2, -0.15) is 18.3 Å². The second-order valence-electron chi connectivity index (χ2n) is 8.54. The Bertz CT molecular complexity index is 1210. The summed E-state index contributed by atoms with van der Waals surface area (Å²) >= 11 is 6.12. The molecule has 3 rings (SSSR count). The Kier molecular flexibility index (Phi) is 9.00. The molecule has 194 valence electrons. The number of hydrogen-bond acceptors (Lipinski definition) is 5. The molecule has 6 nitrogen and oxygen atoms in total. The lowest BCUT2D eigenvalue weighted by atomic mass is 10.0. The minimum atomic E-state index is -4.53. The van der Waals surface area contributed by atoms with Crippen molar-refractivity contribution in [3.63, 3.8) is 0 Å². The molecule has 0 radical (unpaired) electrons. The Hall–Kier alpha value is -3.07. The van der Waals surface area contributed by atoms with Crippen LogP contribution in [0.3, 0.4) is 0 Å². The number of hydrogen-bond donors (Lipinski definition) is 0. The third-order valence-corrected chi connectivity index (χ3v) is 5.80. The Labute approximate surface area is 213 Å². The molecule has 0 aliphatic carbocycles. The molecule has 0 N–H and O–H groups in total. The molecule has 0 fully saturated rings. The fraction of sp³-hybridized carbons (Fsp3) is 0.423. The van der Waals surface area contributed by atoms with Crippen molar-refractivity contribution in [2.24, 2.45) is 0 Å². The number of ether oxygens (including phenoxy) is 2. The molecule has 0 aliphatic heterocycles. The third-order valence-electron chi connectivity index (χ3n) is 5.53. The van der Waals surface area contributed by atoms with Crippen LogP contribution in [0.2, 0.25) is 5.02 Å². The molecule has 0 amide bonds. The van der Waals surface area contributed by atoms with Crippen LogP contribution >= 0.6 is 11.6 Å². The topological polar surface area (TPSA) is 66.2 Å². The number of aryl methyl sites for hydroxylation is 2. The van der Waals surface area contributed by atoms with Gasteiger partial charge in [0.15, 0.2) is 17.3 Å². The molecule has 2 aromatic heterocycles. The van der Waals surface area contributed by atoms with Gasteiger partial charge in [-0.1, -0.05) is 51.4 Å². The van der Waals surface area contributed by atoms with Crippen LogP contribution in [0.4, 0.5) is 13.2 Å². The number of nitrogens with zero attached hydrogens (tertiary/aromatic N) is 3. The van der Waals surface area contributed by atoms with Gasteiger partial charge in [-0.15, -0.1) is 0 Å². The molecular weight excluding hydrogens is 495 g/mol. The fourth-order valence-electron chi connectivity index (χ4n) is 3.68. The lowest BCUT2D eigenvalue weighted by Gasteiger charge is -2.15. The minimum Gasteiger partial charge on any atom is -0.489 e. The van der Waals surface area contributed by atoms with Gasteiger partial charge in [0.1, 0.15) is 0 Å². The van der Waals surface area contributed by atoms with Crippen molar-refractivity contribution in [1.29, 1.82) is 0 Å². The maximum Gasteiger partial charge on any atom is 0.417 e. The zero-order valence-electron chi connectivity index (χ0n) is 20.7. The number of aromatic nitrogens is 3. The van der Waals surface area contributed by atoms with E-state index in [-0.39, 0.29) is 29.1 Å². The monoisotopic (exact) mass is 523 g/mol. The van der Waals surface area contributed by atoms with Gasteiger partial charge in [-0.3, -0.25) is 4.79 Å². The summed E-state index contributed by atoms with van der Waals surface area (Å²) in [4.78, 5) is 15.7. The zero-order valence-corrected chi connectivity index (χ0v) is 21.4. The fourth-order valence-corrected chi connectivity index (χ4v) is 3.93. The zero-order chi connectivity index (χ0) is 26.5. The quantitative estimate of drug-likeness (QED) is 0.163. The molecule has 2 heterocycles.